The SMILES string of the molecule is CC1CN(C(=O)c2cccc3cccnc23)CCC1N.Cl.Cl. The van der Waals surface area contributed by atoms with Gasteiger partial charge in [0.2, 0.25) is 0 Å². The summed E-state index contributed by atoms with van der Waals surface area (Å²) in [6.45, 7) is 3.56. The first kappa shape index (κ1) is 18.7. The maximum absolute atomic E-state index is 12.7. The molecule has 1 aromatic heterocycles. The van der Waals surface area contributed by atoms with E-state index < -0.39 is 0 Å². The minimum absolute atomic E-state index is 0. The molecule has 1 aliphatic rings. The third-order valence-electron chi connectivity index (χ3n) is 4.12. The molecule has 0 aliphatic carbocycles. The Bertz CT molecular complexity index is 645. The number of pyridine rings is 1. The van der Waals surface area contributed by atoms with Crippen LogP contribution in [-0.4, -0.2) is 34.9 Å². The lowest BCUT2D eigenvalue weighted by Gasteiger charge is -2.35. The zero-order chi connectivity index (χ0) is 14.1. The largest absolute Gasteiger partial charge is 0.338 e. The number of likely N-dealkylation sites (tertiary alicyclic amines) is 1. The van der Waals surface area contributed by atoms with E-state index in [2.05, 4.69) is 11.9 Å². The van der Waals surface area contributed by atoms with Crippen LogP contribution < -0.4 is 5.73 Å². The van der Waals surface area contributed by atoms with E-state index >= 15 is 0 Å². The van der Waals surface area contributed by atoms with E-state index in [0.29, 0.717) is 11.5 Å². The summed E-state index contributed by atoms with van der Waals surface area (Å²) in [4.78, 5) is 19.0. The van der Waals surface area contributed by atoms with E-state index in [1.807, 2.05) is 35.2 Å². The summed E-state index contributed by atoms with van der Waals surface area (Å²) in [5.74, 6) is 0.406. The summed E-state index contributed by atoms with van der Waals surface area (Å²) in [6.07, 6.45) is 2.60. The smallest absolute Gasteiger partial charge is 0.256 e. The van der Waals surface area contributed by atoms with E-state index in [9.17, 15) is 4.79 Å². The van der Waals surface area contributed by atoms with Crippen molar-refractivity contribution in [2.45, 2.75) is 19.4 Å². The number of carbonyl (C=O) groups is 1. The van der Waals surface area contributed by atoms with Gasteiger partial charge >= 0.3 is 0 Å². The number of aromatic nitrogens is 1. The number of nitrogens with zero attached hydrogens (tertiary/aromatic N) is 2. The van der Waals surface area contributed by atoms with E-state index in [4.69, 9.17) is 5.73 Å². The van der Waals surface area contributed by atoms with Gasteiger partial charge in [-0.2, -0.15) is 0 Å². The predicted octanol–water partition coefficient (Wildman–Crippen LogP) is 2.89. The Morgan fingerprint density at radius 2 is 2.00 bits per heavy atom. The summed E-state index contributed by atoms with van der Waals surface area (Å²) in [5.41, 5.74) is 7.49. The Hall–Kier alpha value is -1.36. The Labute approximate surface area is 142 Å². The molecule has 22 heavy (non-hydrogen) atoms. The van der Waals surface area contributed by atoms with Gasteiger partial charge in [-0.25, -0.2) is 0 Å². The number of halogens is 2. The van der Waals surface area contributed by atoms with E-state index in [1.165, 1.54) is 0 Å². The number of fused-ring (bicyclic) bond motifs is 1. The van der Waals surface area contributed by atoms with Gasteiger partial charge in [0.25, 0.3) is 5.91 Å². The highest BCUT2D eigenvalue weighted by molar-refractivity contribution is 6.05. The van der Waals surface area contributed by atoms with Crippen LogP contribution in [0.15, 0.2) is 36.5 Å². The van der Waals surface area contributed by atoms with Gasteiger partial charge < -0.3 is 10.6 Å². The molecule has 1 saturated heterocycles. The van der Waals surface area contributed by atoms with Crippen LogP contribution in [-0.2, 0) is 0 Å². The molecule has 0 saturated carbocycles. The maximum atomic E-state index is 12.7. The second kappa shape index (κ2) is 7.77. The normalized spacial score (nSPS) is 20.9. The Morgan fingerprint density at radius 1 is 1.27 bits per heavy atom. The number of amides is 1. The van der Waals surface area contributed by atoms with Crippen molar-refractivity contribution >= 4 is 41.6 Å². The third-order valence-corrected chi connectivity index (χ3v) is 4.12. The van der Waals surface area contributed by atoms with Crippen molar-refractivity contribution in [2.24, 2.45) is 11.7 Å². The number of benzene rings is 1. The summed E-state index contributed by atoms with van der Waals surface area (Å²) < 4.78 is 0. The number of carbonyl (C=O) groups excluding carboxylic acids is 1. The van der Waals surface area contributed by atoms with Crippen LogP contribution >= 0.6 is 24.8 Å². The van der Waals surface area contributed by atoms with Gasteiger partial charge in [0.1, 0.15) is 0 Å². The molecule has 1 aliphatic heterocycles. The molecule has 2 unspecified atom stereocenters. The topological polar surface area (TPSA) is 59.2 Å². The Balaban J connectivity index is 0.00000121. The quantitative estimate of drug-likeness (QED) is 0.867. The zero-order valence-electron chi connectivity index (χ0n) is 12.4. The van der Waals surface area contributed by atoms with Crippen molar-refractivity contribution in [1.29, 1.82) is 0 Å². The summed E-state index contributed by atoms with van der Waals surface area (Å²) in [5, 5.41) is 1.00. The van der Waals surface area contributed by atoms with Crippen LogP contribution in [0.2, 0.25) is 0 Å². The fourth-order valence-corrected chi connectivity index (χ4v) is 2.80. The number of hydrogen-bond acceptors (Lipinski definition) is 3. The number of nitrogens with two attached hydrogens (primary N) is 1. The molecule has 2 atom stereocenters. The van der Waals surface area contributed by atoms with E-state index in [0.717, 1.165) is 30.4 Å². The van der Waals surface area contributed by atoms with Gasteiger partial charge in [-0.05, 0) is 24.5 Å². The highest BCUT2D eigenvalue weighted by atomic mass is 35.5. The second-order valence-corrected chi connectivity index (χ2v) is 5.56. The molecular weight excluding hydrogens is 321 g/mol. The van der Waals surface area contributed by atoms with Gasteiger partial charge in [-0.3, -0.25) is 9.78 Å². The van der Waals surface area contributed by atoms with E-state index in [1.54, 1.807) is 6.20 Å². The molecule has 0 bridgehead atoms. The van der Waals surface area contributed by atoms with Gasteiger partial charge in [0, 0.05) is 30.7 Å². The second-order valence-electron chi connectivity index (χ2n) is 5.56. The molecule has 2 N–H and O–H groups in total. The highest BCUT2D eigenvalue weighted by Crippen LogP contribution is 2.21. The van der Waals surface area contributed by atoms with Crippen molar-refractivity contribution in [3.8, 4) is 0 Å². The van der Waals surface area contributed by atoms with Crippen LogP contribution in [0.4, 0.5) is 0 Å². The monoisotopic (exact) mass is 341 g/mol. The number of para-hydroxylation sites is 1. The molecule has 2 aromatic rings. The molecule has 4 nitrogen and oxygen atoms in total. The summed E-state index contributed by atoms with van der Waals surface area (Å²) in [6, 6.07) is 9.82. The minimum Gasteiger partial charge on any atom is -0.338 e. The van der Waals surface area contributed by atoms with Crippen LogP contribution in [0.3, 0.4) is 0 Å². The first-order valence-corrected chi connectivity index (χ1v) is 7.05. The van der Waals surface area contributed by atoms with E-state index in [-0.39, 0.29) is 36.8 Å². The average molecular weight is 342 g/mol. The highest BCUT2D eigenvalue weighted by Gasteiger charge is 2.27. The predicted molar refractivity (Wildman–Crippen MR) is 93.9 cm³/mol. The Kier molecular flexibility index (Phi) is 6.60. The standard InChI is InChI=1S/C16H19N3O.2ClH/c1-11-10-19(9-7-14(11)17)16(20)13-6-2-4-12-5-3-8-18-15(12)13;;/h2-6,8,11,14H,7,9-10,17H2,1H3;2*1H. The van der Waals surface area contributed by atoms with Crippen molar-refractivity contribution < 1.29 is 4.79 Å². The molecule has 3 rings (SSSR count). The van der Waals surface area contributed by atoms with Crippen molar-refractivity contribution in [1.82, 2.24) is 9.88 Å². The fraction of sp³-hybridized carbons (Fsp3) is 0.375. The van der Waals surface area contributed by atoms with Gasteiger partial charge in [0.05, 0.1) is 11.1 Å². The van der Waals surface area contributed by atoms with Crippen LogP contribution in [0.25, 0.3) is 10.9 Å². The lowest BCUT2D eigenvalue weighted by molar-refractivity contribution is 0.0666. The molecule has 0 spiro atoms. The first-order chi connectivity index (χ1) is 9.66. The summed E-state index contributed by atoms with van der Waals surface area (Å²) in [7, 11) is 0. The molecule has 2 heterocycles. The van der Waals surface area contributed by atoms with Gasteiger partial charge in [0.15, 0.2) is 0 Å². The van der Waals surface area contributed by atoms with Crippen molar-refractivity contribution in [3.63, 3.8) is 0 Å². The molecule has 1 aromatic carbocycles. The van der Waals surface area contributed by atoms with Crippen molar-refractivity contribution in [2.75, 3.05) is 13.1 Å². The maximum Gasteiger partial charge on any atom is 0.256 e. The van der Waals surface area contributed by atoms with Gasteiger partial charge in [-0.1, -0.05) is 25.1 Å². The van der Waals surface area contributed by atoms with Crippen molar-refractivity contribution in [3.05, 3.63) is 42.1 Å². The molecule has 120 valence electrons. The minimum atomic E-state index is 0. The third kappa shape index (κ3) is 3.51. The molecule has 1 fully saturated rings. The Morgan fingerprint density at radius 3 is 2.73 bits per heavy atom. The lowest BCUT2D eigenvalue weighted by atomic mass is 9.94. The average Bonchev–Trinajstić information content (AvgIpc) is 2.49. The fourth-order valence-electron chi connectivity index (χ4n) is 2.80. The number of hydrogen-bond donors (Lipinski definition) is 1. The van der Waals surface area contributed by atoms with Gasteiger partial charge in [-0.15, -0.1) is 24.8 Å². The molecule has 1 amide bonds. The van der Waals surface area contributed by atoms with Crippen LogP contribution in [0.5, 0.6) is 0 Å². The number of rotatable bonds is 1. The number of piperidine rings is 1. The zero-order valence-corrected chi connectivity index (χ0v) is 14.1. The van der Waals surface area contributed by atoms with Crippen LogP contribution in [0.1, 0.15) is 23.7 Å². The summed E-state index contributed by atoms with van der Waals surface area (Å²) >= 11 is 0. The molecule has 0 radical (unpaired) electrons. The first-order valence-electron chi connectivity index (χ1n) is 7.05. The molecular formula is C16H21Cl2N3O. The lowest BCUT2D eigenvalue weighted by Crippen LogP contribution is -2.48. The molecule has 6 heteroatoms. The van der Waals surface area contributed by atoms with Crippen LogP contribution in [0, 0.1) is 5.92 Å².